The molecule has 1 unspecified atom stereocenters. The molecule has 9 heteroatoms. The summed E-state index contributed by atoms with van der Waals surface area (Å²) < 4.78 is 0. The number of benzene rings is 1. The van der Waals surface area contributed by atoms with Gasteiger partial charge in [0, 0.05) is 26.1 Å². The van der Waals surface area contributed by atoms with E-state index < -0.39 is 23.8 Å². The summed E-state index contributed by atoms with van der Waals surface area (Å²) in [5.74, 6) is -1.96. The number of nitrogens with one attached hydrogen (secondary N) is 1. The van der Waals surface area contributed by atoms with Crippen molar-refractivity contribution in [3.8, 4) is 0 Å². The number of nitrogens with zero attached hydrogens (tertiary/aromatic N) is 3. The van der Waals surface area contributed by atoms with Crippen molar-refractivity contribution in [1.82, 2.24) is 20.1 Å². The number of fused-ring (bicyclic) bond motifs is 2. The third-order valence-electron chi connectivity index (χ3n) is 6.10. The van der Waals surface area contributed by atoms with Crippen molar-refractivity contribution in [1.29, 1.82) is 0 Å². The number of carbonyl (C=O) groups excluding carboxylic acids is 4. The second-order valence-electron chi connectivity index (χ2n) is 8.12. The number of pyridine rings is 1. The standard InChI is InChI=1S/C22H21N5O4/c23-14-8-12-6-7-26(11-16(12)24-9-14)10-13-2-1-3-15-19(13)22(31)27(21(15)30)17-4-5-18(28)25-20(17)29/h1-3,8-9,17H,4-7,10-11,23H2,(H,25,28,29). The van der Waals surface area contributed by atoms with Crippen LogP contribution in [0.25, 0.3) is 0 Å². The Kier molecular flexibility index (Phi) is 4.55. The SMILES string of the molecule is Nc1cnc2c(c1)CCN(Cc1cccc3c1C(=O)N(C1CCC(=O)NC1=O)C3=O)C2. The molecule has 1 aromatic heterocycles. The van der Waals surface area contributed by atoms with Gasteiger partial charge in [-0.1, -0.05) is 12.1 Å². The van der Waals surface area contributed by atoms with Crippen molar-refractivity contribution < 1.29 is 19.2 Å². The summed E-state index contributed by atoms with van der Waals surface area (Å²) in [6.07, 6.45) is 2.69. The Hall–Kier alpha value is -3.59. The van der Waals surface area contributed by atoms with Gasteiger partial charge in [0.05, 0.1) is 28.7 Å². The van der Waals surface area contributed by atoms with Gasteiger partial charge in [0.1, 0.15) is 6.04 Å². The number of carbonyl (C=O) groups is 4. The largest absolute Gasteiger partial charge is 0.397 e. The molecule has 0 aliphatic carbocycles. The Morgan fingerprint density at radius 1 is 1.13 bits per heavy atom. The highest BCUT2D eigenvalue weighted by molar-refractivity contribution is 6.24. The van der Waals surface area contributed by atoms with Crippen molar-refractivity contribution in [2.75, 3.05) is 12.3 Å². The highest BCUT2D eigenvalue weighted by Gasteiger charge is 2.45. The van der Waals surface area contributed by atoms with Gasteiger partial charge in [0.15, 0.2) is 0 Å². The summed E-state index contributed by atoms with van der Waals surface area (Å²) in [7, 11) is 0. The molecular weight excluding hydrogens is 398 g/mol. The molecule has 0 spiro atoms. The molecule has 3 N–H and O–H groups in total. The van der Waals surface area contributed by atoms with Gasteiger partial charge in [0.2, 0.25) is 11.8 Å². The van der Waals surface area contributed by atoms with E-state index in [1.807, 2.05) is 12.1 Å². The molecule has 158 valence electrons. The smallest absolute Gasteiger partial charge is 0.262 e. The van der Waals surface area contributed by atoms with Crippen molar-refractivity contribution in [2.45, 2.75) is 38.4 Å². The van der Waals surface area contributed by atoms with Crippen LogP contribution in [-0.2, 0) is 29.1 Å². The van der Waals surface area contributed by atoms with Crippen LogP contribution in [0.1, 0.15) is 50.4 Å². The molecule has 3 aliphatic rings. The normalized spacial score (nSPS) is 21.2. The third kappa shape index (κ3) is 3.27. The molecular formula is C22H21N5O4. The first-order valence-electron chi connectivity index (χ1n) is 10.2. The minimum absolute atomic E-state index is 0.0986. The maximum absolute atomic E-state index is 13.2. The van der Waals surface area contributed by atoms with Crippen molar-refractivity contribution >= 4 is 29.3 Å². The predicted octanol–water partition coefficient (Wildman–Crippen LogP) is 0.623. The minimum Gasteiger partial charge on any atom is -0.397 e. The Balaban J connectivity index is 1.40. The highest BCUT2D eigenvalue weighted by atomic mass is 16.2. The lowest BCUT2D eigenvalue weighted by molar-refractivity contribution is -0.136. The molecule has 9 nitrogen and oxygen atoms in total. The maximum Gasteiger partial charge on any atom is 0.262 e. The molecule has 4 amide bonds. The van der Waals surface area contributed by atoms with Crippen LogP contribution in [0.2, 0.25) is 0 Å². The van der Waals surface area contributed by atoms with Gasteiger partial charge in [-0.15, -0.1) is 0 Å². The van der Waals surface area contributed by atoms with Crippen LogP contribution in [0.15, 0.2) is 30.5 Å². The van der Waals surface area contributed by atoms with Gasteiger partial charge in [-0.2, -0.15) is 0 Å². The summed E-state index contributed by atoms with van der Waals surface area (Å²) in [5.41, 5.74) is 9.94. The summed E-state index contributed by atoms with van der Waals surface area (Å²) in [6.45, 7) is 1.88. The maximum atomic E-state index is 13.2. The number of hydrogen-bond acceptors (Lipinski definition) is 7. The van der Waals surface area contributed by atoms with E-state index >= 15 is 0 Å². The fourth-order valence-electron chi connectivity index (χ4n) is 4.58. The molecule has 1 atom stereocenters. The summed E-state index contributed by atoms with van der Waals surface area (Å²) >= 11 is 0. The first kappa shape index (κ1) is 19.4. The van der Waals surface area contributed by atoms with E-state index in [1.54, 1.807) is 18.3 Å². The Labute approximate surface area is 178 Å². The average Bonchev–Trinajstić information content (AvgIpc) is 3.00. The zero-order valence-electron chi connectivity index (χ0n) is 16.8. The number of anilines is 1. The van der Waals surface area contributed by atoms with Crippen LogP contribution < -0.4 is 11.1 Å². The molecule has 3 aliphatic heterocycles. The van der Waals surface area contributed by atoms with Gasteiger partial charge in [-0.3, -0.25) is 39.3 Å². The van der Waals surface area contributed by atoms with Crippen LogP contribution in [0.5, 0.6) is 0 Å². The van der Waals surface area contributed by atoms with Gasteiger partial charge >= 0.3 is 0 Å². The molecule has 1 fully saturated rings. The monoisotopic (exact) mass is 419 g/mol. The summed E-state index contributed by atoms with van der Waals surface area (Å²) in [6, 6.07) is 6.18. The second kappa shape index (κ2) is 7.28. The lowest BCUT2D eigenvalue weighted by Crippen LogP contribution is -2.54. The molecule has 31 heavy (non-hydrogen) atoms. The van der Waals surface area contributed by atoms with E-state index in [-0.39, 0.29) is 18.7 Å². The van der Waals surface area contributed by atoms with Crippen molar-refractivity contribution in [3.63, 3.8) is 0 Å². The van der Waals surface area contributed by atoms with E-state index in [0.29, 0.717) is 29.9 Å². The van der Waals surface area contributed by atoms with Crippen LogP contribution >= 0.6 is 0 Å². The average molecular weight is 419 g/mol. The first-order valence-corrected chi connectivity index (χ1v) is 10.2. The zero-order chi connectivity index (χ0) is 21.7. The number of piperidine rings is 1. The van der Waals surface area contributed by atoms with Crippen LogP contribution in [0.4, 0.5) is 5.69 Å². The molecule has 1 saturated heterocycles. The van der Waals surface area contributed by atoms with E-state index in [9.17, 15) is 19.2 Å². The number of hydrogen-bond donors (Lipinski definition) is 2. The van der Waals surface area contributed by atoms with Gasteiger partial charge in [-0.25, -0.2) is 0 Å². The van der Waals surface area contributed by atoms with Crippen LogP contribution in [0.3, 0.4) is 0 Å². The second-order valence-corrected chi connectivity index (χ2v) is 8.12. The van der Waals surface area contributed by atoms with Gasteiger partial charge < -0.3 is 5.73 Å². The fourth-order valence-corrected chi connectivity index (χ4v) is 4.58. The predicted molar refractivity (Wildman–Crippen MR) is 110 cm³/mol. The number of rotatable bonds is 3. The van der Waals surface area contributed by atoms with E-state index in [0.717, 1.165) is 34.7 Å². The van der Waals surface area contributed by atoms with Crippen LogP contribution in [0, 0.1) is 0 Å². The molecule has 4 heterocycles. The summed E-state index contributed by atoms with van der Waals surface area (Å²) in [4.78, 5) is 57.5. The van der Waals surface area contributed by atoms with Gasteiger partial charge in [-0.05, 0) is 36.1 Å². The fraction of sp³-hybridized carbons (Fsp3) is 0.318. The Morgan fingerprint density at radius 3 is 2.77 bits per heavy atom. The minimum atomic E-state index is -0.963. The lowest BCUT2D eigenvalue weighted by Gasteiger charge is -2.29. The number of nitrogens with two attached hydrogens (primary N) is 1. The third-order valence-corrected chi connectivity index (χ3v) is 6.10. The van der Waals surface area contributed by atoms with E-state index in [4.69, 9.17) is 5.73 Å². The molecule has 0 saturated carbocycles. The molecule has 1 aromatic carbocycles. The Bertz CT molecular complexity index is 1140. The molecule has 2 aromatic rings. The number of aromatic nitrogens is 1. The molecule has 0 radical (unpaired) electrons. The van der Waals surface area contributed by atoms with Crippen molar-refractivity contribution in [3.05, 3.63) is 58.4 Å². The zero-order valence-corrected chi connectivity index (χ0v) is 16.8. The number of nitrogen functional groups attached to an aromatic ring is 1. The summed E-state index contributed by atoms with van der Waals surface area (Å²) in [5, 5.41) is 2.22. The highest BCUT2D eigenvalue weighted by Crippen LogP contribution is 2.31. The molecule has 5 rings (SSSR count). The topological polar surface area (TPSA) is 126 Å². The molecule has 0 bridgehead atoms. The number of imide groups is 2. The van der Waals surface area contributed by atoms with E-state index in [2.05, 4.69) is 15.2 Å². The van der Waals surface area contributed by atoms with Crippen LogP contribution in [-0.4, -0.2) is 51.0 Å². The quantitative estimate of drug-likeness (QED) is 0.699. The lowest BCUT2D eigenvalue weighted by atomic mass is 10.00. The van der Waals surface area contributed by atoms with E-state index in [1.165, 1.54) is 0 Å². The van der Waals surface area contributed by atoms with Crippen molar-refractivity contribution in [2.24, 2.45) is 0 Å². The van der Waals surface area contributed by atoms with Gasteiger partial charge in [0.25, 0.3) is 11.8 Å². The Morgan fingerprint density at radius 2 is 1.97 bits per heavy atom. The number of amides is 4. The first-order chi connectivity index (χ1) is 14.9.